The monoisotopic (exact) mass is 401 g/mol. The van der Waals surface area contributed by atoms with Crippen molar-refractivity contribution < 1.29 is 34.1 Å². The number of carbonyl (C=O) groups excluding carboxylic acids is 3. The zero-order valence-electron chi connectivity index (χ0n) is 17.3. The quantitative estimate of drug-likeness (QED) is 0.577. The number of aliphatic carboxylic acids is 1. The number of hydrogen-bond acceptors (Lipinski definition) is 6. The molecule has 3 N–H and O–H groups in total. The minimum Gasteiger partial charge on any atom is -0.480 e. The van der Waals surface area contributed by atoms with Crippen LogP contribution in [0.15, 0.2) is 0 Å². The number of likely N-dealkylation sites (tertiary alicyclic amines) is 1. The van der Waals surface area contributed by atoms with Gasteiger partial charge in [0.2, 0.25) is 11.8 Å². The number of ether oxygens (including phenoxy) is 1. The van der Waals surface area contributed by atoms with Crippen molar-refractivity contribution in [1.29, 1.82) is 0 Å². The van der Waals surface area contributed by atoms with E-state index in [1.807, 2.05) is 0 Å². The summed E-state index contributed by atoms with van der Waals surface area (Å²) in [5.41, 5.74) is -0.714. The molecule has 4 atom stereocenters. The van der Waals surface area contributed by atoms with Gasteiger partial charge in [-0.1, -0.05) is 0 Å². The molecule has 1 aliphatic rings. The Morgan fingerprint density at radius 3 is 2.25 bits per heavy atom. The highest BCUT2D eigenvalue weighted by atomic mass is 16.6. The van der Waals surface area contributed by atoms with Crippen molar-refractivity contribution >= 4 is 23.9 Å². The lowest BCUT2D eigenvalue weighted by molar-refractivity contribution is -0.148. The molecule has 1 unspecified atom stereocenters. The number of amides is 3. The van der Waals surface area contributed by atoms with E-state index in [-0.39, 0.29) is 0 Å². The number of carboxylic acids is 1. The molecule has 1 fully saturated rings. The number of rotatable bonds is 6. The molecular weight excluding hydrogens is 370 g/mol. The summed E-state index contributed by atoms with van der Waals surface area (Å²) in [5.74, 6) is -2.55. The largest absolute Gasteiger partial charge is 0.480 e. The van der Waals surface area contributed by atoms with E-state index in [9.17, 15) is 24.3 Å². The number of hydrogen-bond donors (Lipinski definition) is 3. The zero-order valence-corrected chi connectivity index (χ0v) is 17.3. The van der Waals surface area contributed by atoms with Gasteiger partial charge in [-0.15, -0.1) is 0 Å². The Morgan fingerprint density at radius 2 is 1.79 bits per heavy atom. The van der Waals surface area contributed by atoms with Crippen LogP contribution in [-0.4, -0.2) is 87.3 Å². The van der Waals surface area contributed by atoms with Gasteiger partial charge in [0.1, 0.15) is 23.7 Å². The molecule has 0 aromatic carbocycles. The summed E-state index contributed by atoms with van der Waals surface area (Å²) >= 11 is 0. The smallest absolute Gasteiger partial charge is 0.410 e. The minimum absolute atomic E-state index is 0.348. The first-order valence-corrected chi connectivity index (χ1v) is 9.23. The van der Waals surface area contributed by atoms with Gasteiger partial charge in [-0.3, -0.25) is 19.3 Å². The molecule has 0 bridgehead atoms. The van der Waals surface area contributed by atoms with E-state index in [0.717, 1.165) is 4.90 Å². The number of likely N-dealkylation sites (N-methyl/N-ethyl adjacent to an activating group) is 1. The molecule has 1 heterocycles. The highest BCUT2D eigenvalue weighted by Gasteiger charge is 2.41. The Balaban J connectivity index is 2.95. The lowest BCUT2D eigenvalue weighted by Gasteiger charge is -2.34. The van der Waals surface area contributed by atoms with Crippen LogP contribution < -0.4 is 5.32 Å². The minimum atomic E-state index is -1.30. The lowest BCUT2D eigenvalue weighted by Crippen LogP contribution is -2.59. The van der Waals surface area contributed by atoms with Crippen molar-refractivity contribution in [3.63, 3.8) is 0 Å². The molecule has 1 rings (SSSR count). The Morgan fingerprint density at radius 1 is 1.21 bits per heavy atom. The van der Waals surface area contributed by atoms with Gasteiger partial charge in [-0.05, 0) is 47.5 Å². The van der Waals surface area contributed by atoms with E-state index in [0.29, 0.717) is 19.4 Å². The Labute approximate surface area is 164 Å². The maximum Gasteiger partial charge on any atom is 0.410 e. The summed E-state index contributed by atoms with van der Waals surface area (Å²) in [6, 6.07) is -3.29. The van der Waals surface area contributed by atoms with Gasteiger partial charge in [0, 0.05) is 13.6 Å². The van der Waals surface area contributed by atoms with Gasteiger partial charge in [-0.25, -0.2) is 4.79 Å². The topological polar surface area (TPSA) is 136 Å². The average Bonchev–Trinajstić information content (AvgIpc) is 3.01. The van der Waals surface area contributed by atoms with Crippen LogP contribution in [0, 0.1) is 0 Å². The molecule has 160 valence electrons. The second kappa shape index (κ2) is 9.22. The summed E-state index contributed by atoms with van der Waals surface area (Å²) in [5, 5.41) is 21.2. The summed E-state index contributed by atoms with van der Waals surface area (Å²) in [6.07, 6.45) is -0.853. The van der Waals surface area contributed by atoms with Gasteiger partial charge in [-0.2, -0.15) is 0 Å². The molecule has 1 aliphatic heterocycles. The summed E-state index contributed by atoms with van der Waals surface area (Å²) < 4.78 is 5.34. The molecule has 28 heavy (non-hydrogen) atoms. The third-order valence-electron chi connectivity index (χ3n) is 4.39. The number of nitrogens with one attached hydrogen (secondary N) is 1. The predicted octanol–water partition coefficient (Wildman–Crippen LogP) is 0.183. The van der Waals surface area contributed by atoms with Crippen LogP contribution in [0.3, 0.4) is 0 Å². The predicted molar refractivity (Wildman–Crippen MR) is 99.4 cm³/mol. The summed E-state index contributed by atoms with van der Waals surface area (Å²) in [6.45, 7) is 8.13. The zero-order chi connectivity index (χ0) is 21.8. The standard InChI is InChI=1S/C18H31N3O7/c1-10(16(25)26)19-14(23)13(11(2)22)20(6)15(24)12-8-7-9-21(12)17(27)28-18(3,4)5/h10-13,22H,7-9H2,1-6H3,(H,19,23)(H,25,26)/t10-,11?,12-,13-/m0/s1. The molecule has 0 aromatic heterocycles. The van der Waals surface area contributed by atoms with Crippen molar-refractivity contribution in [2.45, 2.75) is 77.3 Å². The van der Waals surface area contributed by atoms with Crippen LogP contribution in [0.1, 0.15) is 47.5 Å². The van der Waals surface area contributed by atoms with Crippen molar-refractivity contribution in [3.8, 4) is 0 Å². The maximum atomic E-state index is 13.0. The van der Waals surface area contributed by atoms with Crippen molar-refractivity contribution in [2.24, 2.45) is 0 Å². The van der Waals surface area contributed by atoms with Crippen LogP contribution in [0.4, 0.5) is 4.79 Å². The highest BCUT2D eigenvalue weighted by molar-refractivity contribution is 5.93. The Bertz CT molecular complexity index is 615. The molecule has 0 radical (unpaired) electrons. The van der Waals surface area contributed by atoms with Crippen LogP contribution in [0.25, 0.3) is 0 Å². The molecular formula is C18H31N3O7. The normalized spacial score (nSPS) is 20.1. The van der Waals surface area contributed by atoms with Crippen LogP contribution >= 0.6 is 0 Å². The fourth-order valence-corrected chi connectivity index (χ4v) is 3.01. The Kier molecular flexibility index (Phi) is 7.80. The third kappa shape index (κ3) is 6.08. The van der Waals surface area contributed by atoms with Gasteiger partial charge >= 0.3 is 12.1 Å². The van der Waals surface area contributed by atoms with E-state index >= 15 is 0 Å². The van der Waals surface area contributed by atoms with Crippen LogP contribution in [-0.2, 0) is 19.1 Å². The third-order valence-corrected chi connectivity index (χ3v) is 4.39. The molecule has 0 aliphatic carbocycles. The van der Waals surface area contributed by atoms with E-state index in [4.69, 9.17) is 9.84 Å². The first-order chi connectivity index (χ1) is 12.8. The second-order valence-corrected chi connectivity index (χ2v) is 8.03. The van der Waals surface area contributed by atoms with E-state index in [2.05, 4.69) is 5.32 Å². The highest BCUT2D eigenvalue weighted by Crippen LogP contribution is 2.23. The number of carbonyl (C=O) groups is 4. The SMILES string of the molecule is CC(O)[C@@H](C(=O)N[C@@H](C)C(=O)O)N(C)C(=O)[C@@H]1CCCN1C(=O)OC(C)(C)C. The molecule has 10 heteroatoms. The molecule has 3 amide bonds. The second-order valence-electron chi connectivity index (χ2n) is 8.03. The fraction of sp³-hybridized carbons (Fsp3) is 0.778. The Hall–Kier alpha value is -2.36. The van der Waals surface area contributed by atoms with Crippen molar-refractivity contribution in [1.82, 2.24) is 15.1 Å². The van der Waals surface area contributed by atoms with Crippen molar-refractivity contribution in [3.05, 3.63) is 0 Å². The number of aliphatic hydroxyl groups excluding tert-OH is 1. The van der Waals surface area contributed by atoms with Gasteiger partial charge in [0.15, 0.2) is 0 Å². The number of nitrogens with zero attached hydrogens (tertiary/aromatic N) is 2. The molecule has 10 nitrogen and oxygen atoms in total. The molecule has 1 saturated heterocycles. The van der Waals surface area contributed by atoms with Gasteiger partial charge < -0.3 is 25.2 Å². The van der Waals surface area contributed by atoms with Crippen molar-refractivity contribution in [2.75, 3.05) is 13.6 Å². The summed E-state index contributed by atoms with van der Waals surface area (Å²) in [4.78, 5) is 51.1. The van der Waals surface area contributed by atoms with E-state index < -0.39 is 53.7 Å². The molecule has 0 saturated carbocycles. The fourth-order valence-electron chi connectivity index (χ4n) is 3.01. The molecule has 0 spiro atoms. The first-order valence-electron chi connectivity index (χ1n) is 9.23. The van der Waals surface area contributed by atoms with Gasteiger partial charge in [0.05, 0.1) is 6.10 Å². The van der Waals surface area contributed by atoms with Crippen LogP contribution in [0.5, 0.6) is 0 Å². The number of carboxylic acid groups (broad SMARTS) is 1. The maximum absolute atomic E-state index is 13.0. The first kappa shape index (κ1) is 23.7. The van der Waals surface area contributed by atoms with Crippen LogP contribution in [0.2, 0.25) is 0 Å². The number of aliphatic hydroxyl groups is 1. The summed E-state index contributed by atoms with van der Waals surface area (Å²) in [7, 11) is 1.34. The lowest BCUT2D eigenvalue weighted by atomic mass is 10.1. The van der Waals surface area contributed by atoms with E-state index in [1.165, 1.54) is 25.8 Å². The molecule has 0 aromatic rings. The van der Waals surface area contributed by atoms with Gasteiger partial charge in [0.25, 0.3) is 0 Å². The average molecular weight is 401 g/mol. The van der Waals surface area contributed by atoms with E-state index in [1.54, 1.807) is 20.8 Å².